The van der Waals surface area contributed by atoms with Gasteiger partial charge in [0, 0.05) is 11.6 Å². The molecule has 0 saturated heterocycles. The minimum absolute atomic E-state index is 0.0801. The summed E-state index contributed by atoms with van der Waals surface area (Å²) < 4.78 is 13.7. The summed E-state index contributed by atoms with van der Waals surface area (Å²) in [5.74, 6) is -0.374. The Kier molecular flexibility index (Phi) is 2.87. The zero-order valence-corrected chi connectivity index (χ0v) is 12.1. The molecule has 1 spiro atoms. The van der Waals surface area contributed by atoms with E-state index in [0.29, 0.717) is 5.56 Å². The molecule has 1 aliphatic heterocycles. The van der Waals surface area contributed by atoms with Gasteiger partial charge in [-0.25, -0.2) is 4.39 Å². The van der Waals surface area contributed by atoms with Gasteiger partial charge in [-0.15, -0.1) is 0 Å². The Morgan fingerprint density at radius 2 is 1.86 bits per heavy atom. The number of nitriles is 1. The van der Waals surface area contributed by atoms with Crippen molar-refractivity contribution < 1.29 is 4.39 Å². The van der Waals surface area contributed by atoms with Gasteiger partial charge in [0.15, 0.2) is 0 Å². The van der Waals surface area contributed by atoms with Crippen molar-refractivity contribution in [2.24, 2.45) is 4.99 Å². The molecule has 1 aliphatic carbocycles. The van der Waals surface area contributed by atoms with Crippen LogP contribution >= 0.6 is 0 Å². The minimum Gasteiger partial charge on any atom is -0.260 e. The number of rotatable bonds is 1. The third kappa shape index (κ3) is 1.95. The lowest BCUT2D eigenvalue weighted by Gasteiger charge is -2.21. The largest absolute Gasteiger partial charge is 0.260 e. The molecule has 2 aliphatic rings. The van der Waals surface area contributed by atoms with E-state index < -0.39 is 0 Å². The lowest BCUT2D eigenvalue weighted by atomic mass is 9.80. The molecule has 2 aromatic carbocycles. The minimum atomic E-state index is -0.374. The fraction of sp³-hybridized carbons (Fsp3) is 0.263. The molecular formula is C19H15FN2. The van der Waals surface area contributed by atoms with Crippen LogP contribution in [0.5, 0.6) is 0 Å². The first-order chi connectivity index (χ1) is 10.7. The van der Waals surface area contributed by atoms with Crippen molar-refractivity contribution in [1.29, 1.82) is 5.26 Å². The molecule has 1 heterocycles. The van der Waals surface area contributed by atoms with E-state index in [2.05, 4.69) is 17.3 Å². The molecule has 0 radical (unpaired) electrons. The summed E-state index contributed by atoms with van der Waals surface area (Å²) >= 11 is 0. The average Bonchev–Trinajstić information content (AvgIpc) is 3.15. The summed E-state index contributed by atoms with van der Waals surface area (Å²) in [7, 11) is 0. The number of aliphatic imine (C=N–C) groups is 1. The fourth-order valence-corrected chi connectivity index (χ4v) is 3.71. The molecule has 2 aromatic rings. The van der Waals surface area contributed by atoms with Crippen molar-refractivity contribution in [2.45, 2.75) is 31.1 Å². The van der Waals surface area contributed by atoms with Crippen LogP contribution in [-0.4, -0.2) is 6.21 Å². The molecule has 1 saturated carbocycles. The van der Waals surface area contributed by atoms with Crippen molar-refractivity contribution in [3.05, 3.63) is 53.3 Å². The molecule has 0 aromatic heterocycles. The molecule has 1 fully saturated rings. The summed E-state index contributed by atoms with van der Waals surface area (Å²) in [6.45, 7) is 0. The van der Waals surface area contributed by atoms with Gasteiger partial charge < -0.3 is 0 Å². The van der Waals surface area contributed by atoms with Gasteiger partial charge in [-0.2, -0.15) is 5.26 Å². The molecule has 0 unspecified atom stereocenters. The van der Waals surface area contributed by atoms with Crippen LogP contribution in [-0.2, 0) is 5.41 Å². The Morgan fingerprint density at radius 1 is 1.05 bits per heavy atom. The number of benzene rings is 2. The molecule has 0 atom stereocenters. The van der Waals surface area contributed by atoms with E-state index in [1.165, 1.54) is 30.5 Å². The first-order valence-corrected chi connectivity index (χ1v) is 7.61. The van der Waals surface area contributed by atoms with Crippen molar-refractivity contribution >= 4 is 11.9 Å². The highest BCUT2D eigenvalue weighted by Gasteiger charge is 2.39. The third-order valence-corrected chi connectivity index (χ3v) is 4.84. The van der Waals surface area contributed by atoms with Gasteiger partial charge in [0.25, 0.3) is 0 Å². The topological polar surface area (TPSA) is 36.1 Å². The number of halogens is 1. The first-order valence-electron chi connectivity index (χ1n) is 7.61. The molecular weight excluding hydrogens is 275 g/mol. The highest BCUT2D eigenvalue weighted by atomic mass is 19.1. The van der Waals surface area contributed by atoms with Gasteiger partial charge in [-0.05, 0) is 59.9 Å². The van der Waals surface area contributed by atoms with Crippen LogP contribution in [0.1, 0.15) is 36.8 Å². The Balaban J connectivity index is 1.83. The number of fused-ring (bicyclic) bond motifs is 2. The number of hydrogen-bond donors (Lipinski definition) is 0. The van der Waals surface area contributed by atoms with Crippen LogP contribution in [0.25, 0.3) is 11.1 Å². The van der Waals surface area contributed by atoms with Gasteiger partial charge in [0.05, 0.1) is 17.3 Å². The van der Waals surface area contributed by atoms with Crippen LogP contribution in [0.4, 0.5) is 10.1 Å². The Bertz CT molecular complexity index is 824. The van der Waals surface area contributed by atoms with E-state index in [9.17, 15) is 4.39 Å². The Hall–Kier alpha value is -2.47. The summed E-state index contributed by atoms with van der Waals surface area (Å²) in [6.07, 6.45) is 6.84. The van der Waals surface area contributed by atoms with Gasteiger partial charge in [0.1, 0.15) is 5.82 Å². The van der Waals surface area contributed by atoms with Gasteiger partial charge in [-0.1, -0.05) is 18.9 Å². The highest BCUT2D eigenvalue weighted by molar-refractivity contribution is 5.87. The predicted octanol–water partition coefficient (Wildman–Crippen LogP) is 4.89. The standard InChI is InChI=1S/C19H15FN2/c20-16-8-13(11-21)7-15(9-16)14-3-4-18-17(10-14)19(12-22-18)5-1-2-6-19/h3-4,7-10,12H,1-2,5-6H2. The van der Waals surface area contributed by atoms with E-state index >= 15 is 0 Å². The van der Waals surface area contributed by atoms with Crippen molar-refractivity contribution in [3.8, 4) is 17.2 Å². The second-order valence-electron chi connectivity index (χ2n) is 6.19. The quantitative estimate of drug-likeness (QED) is 0.736. The first kappa shape index (κ1) is 13.2. The maximum atomic E-state index is 13.7. The van der Waals surface area contributed by atoms with E-state index in [1.807, 2.05) is 18.2 Å². The van der Waals surface area contributed by atoms with Gasteiger partial charge in [-0.3, -0.25) is 4.99 Å². The van der Waals surface area contributed by atoms with Gasteiger partial charge in [0.2, 0.25) is 0 Å². The molecule has 0 amide bonds. The van der Waals surface area contributed by atoms with E-state index in [-0.39, 0.29) is 11.2 Å². The smallest absolute Gasteiger partial charge is 0.125 e. The highest BCUT2D eigenvalue weighted by Crippen LogP contribution is 2.48. The normalized spacial score (nSPS) is 17.6. The van der Waals surface area contributed by atoms with Crippen molar-refractivity contribution in [3.63, 3.8) is 0 Å². The van der Waals surface area contributed by atoms with Crippen LogP contribution in [0.3, 0.4) is 0 Å². The van der Waals surface area contributed by atoms with E-state index in [4.69, 9.17) is 5.26 Å². The summed E-state index contributed by atoms with van der Waals surface area (Å²) in [6, 6.07) is 12.6. The van der Waals surface area contributed by atoms with Crippen LogP contribution < -0.4 is 0 Å². The fourth-order valence-electron chi connectivity index (χ4n) is 3.71. The Labute approximate surface area is 128 Å². The predicted molar refractivity (Wildman–Crippen MR) is 84.8 cm³/mol. The maximum Gasteiger partial charge on any atom is 0.125 e. The Morgan fingerprint density at radius 3 is 2.64 bits per heavy atom. The molecule has 4 rings (SSSR count). The second kappa shape index (κ2) is 4.78. The molecule has 108 valence electrons. The van der Waals surface area contributed by atoms with Crippen LogP contribution in [0.2, 0.25) is 0 Å². The third-order valence-electron chi connectivity index (χ3n) is 4.84. The summed E-state index contributed by atoms with van der Waals surface area (Å²) in [4.78, 5) is 4.57. The molecule has 2 nitrogen and oxygen atoms in total. The van der Waals surface area contributed by atoms with Crippen molar-refractivity contribution in [1.82, 2.24) is 0 Å². The molecule has 3 heteroatoms. The summed E-state index contributed by atoms with van der Waals surface area (Å²) in [5.41, 5.74) is 4.41. The van der Waals surface area contributed by atoms with Gasteiger partial charge >= 0.3 is 0 Å². The monoisotopic (exact) mass is 290 g/mol. The zero-order chi connectivity index (χ0) is 15.2. The summed E-state index contributed by atoms with van der Waals surface area (Å²) in [5, 5.41) is 9.02. The number of hydrogen-bond acceptors (Lipinski definition) is 2. The SMILES string of the molecule is N#Cc1cc(F)cc(-c2ccc3c(c2)C2(C=N3)CCCC2)c1. The average molecular weight is 290 g/mol. The lowest BCUT2D eigenvalue weighted by molar-refractivity contribution is 0.624. The second-order valence-corrected chi connectivity index (χ2v) is 6.19. The van der Waals surface area contributed by atoms with Crippen LogP contribution in [0, 0.1) is 17.1 Å². The molecule has 0 N–H and O–H groups in total. The van der Waals surface area contributed by atoms with E-state index in [1.54, 1.807) is 6.07 Å². The van der Waals surface area contributed by atoms with Crippen molar-refractivity contribution in [2.75, 3.05) is 0 Å². The maximum absolute atomic E-state index is 13.7. The van der Waals surface area contributed by atoms with Crippen LogP contribution in [0.15, 0.2) is 41.4 Å². The van der Waals surface area contributed by atoms with E-state index in [0.717, 1.165) is 29.7 Å². The molecule has 22 heavy (non-hydrogen) atoms. The molecule has 0 bridgehead atoms. The lowest BCUT2D eigenvalue weighted by Crippen LogP contribution is -2.20. The zero-order valence-electron chi connectivity index (χ0n) is 12.1. The number of nitrogens with zero attached hydrogens (tertiary/aromatic N) is 2.